The van der Waals surface area contributed by atoms with E-state index in [1.807, 2.05) is 6.26 Å². The SMILES string of the molecule is CSCCC(N)C(=O)NC(CC(=O)O)C(=O)NC(CO)C(=O)NC(CCCN=C(N)N)C(=O)O. The number of nitrogens with two attached hydrogens (primary N) is 3. The van der Waals surface area contributed by atoms with Crippen molar-refractivity contribution in [3.8, 4) is 0 Å². The van der Waals surface area contributed by atoms with Crippen LogP contribution in [0.5, 0.6) is 0 Å². The average molecular weight is 508 g/mol. The zero-order valence-electron chi connectivity index (χ0n) is 18.7. The monoisotopic (exact) mass is 507 g/mol. The Kier molecular flexibility index (Phi) is 15.0. The third kappa shape index (κ3) is 12.8. The Morgan fingerprint density at radius 2 is 1.47 bits per heavy atom. The van der Waals surface area contributed by atoms with E-state index in [1.165, 1.54) is 11.8 Å². The van der Waals surface area contributed by atoms with Gasteiger partial charge in [-0.1, -0.05) is 0 Å². The molecule has 0 aromatic heterocycles. The lowest BCUT2D eigenvalue weighted by Crippen LogP contribution is -2.58. The van der Waals surface area contributed by atoms with Crippen LogP contribution in [0, 0.1) is 0 Å². The summed E-state index contributed by atoms with van der Waals surface area (Å²) in [6, 6.07) is -5.53. The van der Waals surface area contributed by atoms with Gasteiger partial charge in [0.15, 0.2) is 5.96 Å². The average Bonchev–Trinajstić information content (AvgIpc) is 2.76. The standard InChI is InChI=1S/C18H33N7O8S/c1-34-6-4-9(19)14(29)24-11(7-13(27)28)15(30)25-12(8-26)16(31)23-10(17(32)33)3-2-5-22-18(20)21/h9-12,26H,2-8,19H2,1H3,(H,23,31)(H,24,29)(H,25,30)(H,27,28)(H,32,33)(H4,20,21,22). The molecule has 4 atom stereocenters. The van der Waals surface area contributed by atoms with Crippen LogP contribution in [0.25, 0.3) is 0 Å². The highest BCUT2D eigenvalue weighted by Crippen LogP contribution is 2.03. The molecule has 0 aromatic rings. The number of hydrogen-bond donors (Lipinski definition) is 9. The molecule has 0 saturated carbocycles. The topological polar surface area (TPSA) is 273 Å². The molecule has 12 N–H and O–H groups in total. The predicted octanol–water partition coefficient (Wildman–Crippen LogP) is -3.87. The minimum Gasteiger partial charge on any atom is -0.481 e. The van der Waals surface area contributed by atoms with E-state index in [9.17, 15) is 34.2 Å². The Balaban J connectivity index is 5.17. The van der Waals surface area contributed by atoms with Gasteiger partial charge in [-0.25, -0.2) is 4.79 Å². The first-order valence-electron chi connectivity index (χ1n) is 10.2. The number of carbonyl (C=O) groups excluding carboxylic acids is 3. The maximum atomic E-state index is 12.5. The number of carboxylic acids is 2. The molecule has 16 heteroatoms. The fourth-order valence-corrected chi connectivity index (χ4v) is 3.03. The summed E-state index contributed by atoms with van der Waals surface area (Å²) in [5, 5.41) is 34.4. The molecule has 0 heterocycles. The van der Waals surface area contributed by atoms with E-state index < -0.39 is 66.9 Å². The number of rotatable bonds is 17. The van der Waals surface area contributed by atoms with Crippen molar-refractivity contribution in [1.29, 1.82) is 0 Å². The number of aliphatic hydroxyl groups excluding tert-OH is 1. The Hall–Kier alpha value is -3.11. The highest BCUT2D eigenvalue weighted by atomic mass is 32.2. The molecule has 0 fully saturated rings. The van der Waals surface area contributed by atoms with Gasteiger partial charge in [0.05, 0.1) is 19.1 Å². The summed E-state index contributed by atoms with van der Waals surface area (Å²) >= 11 is 1.45. The van der Waals surface area contributed by atoms with E-state index in [-0.39, 0.29) is 31.8 Å². The van der Waals surface area contributed by atoms with Gasteiger partial charge in [0.25, 0.3) is 0 Å². The van der Waals surface area contributed by atoms with Crippen molar-refractivity contribution in [2.24, 2.45) is 22.2 Å². The van der Waals surface area contributed by atoms with Crippen LogP contribution in [0.3, 0.4) is 0 Å². The number of guanidine groups is 1. The first-order chi connectivity index (χ1) is 15.9. The first-order valence-corrected chi connectivity index (χ1v) is 11.6. The molecule has 0 radical (unpaired) electrons. The van der Waals surface area contributed by atoms with Gasteiger partial charge in [-0.3, -0.25) is 24.2 Å². The highest BCUT2D eigenvalue weighted by molar-refractivity contribution is 7.98. The van der Waals surface area contributed by atoms with Crippen LogP contribution >= 0.6 is 11.8 Å². The van der Waals surface area contributed by atoms with Crippen molar-refractivity contribution in [2.45, 2.75) is 49.9 Å². The lowest BCUT2D eigenvalue weighted by Gasteiger charge is -2.23. The summed E-state index contributed by atoms with van der Waals surface area (Å²) in [6.45, 7) is -0.795. The molecule has 0 aliphatic heterocycles. The van der Waals surface area contributed by atoms with Gasteiger partial charge in [0, 0.05) is 6.54 Å². The zero-order chi connectivity index (χ0) is 26.3. The van der Waals surface area contributed by atoms with Crippen molar-refractivity contribution in [3.05, 3.63) is 0 Å². The van der Waals surface area contributed by atoms with Crippen LogP contribution in [-0.4, -0.2) is 100 Å². The summed E-state index contributed by atoms with van der Waals surface area (Å²) in [4.78, 5) is 63.4. The van der Waals surface area contributed by atoms with Crippen LogP contribution in [-0.2, 0) is 24.0 Å². The number of thioether (sulfide) groups is 1. The normalized spacial score (nSPS) is 14.1. The smallest absolute Gasteiger partial charge is 0.326 e. The third-order valence-corrected chi connectivity index (χ3v) is 5.00. The van der Waals surface area contributed by atoms with Gasteiger partial charge in [-0.05, 0) is 31.3 Å². The lowest BCUT2D eigenvalue weighted by molar-refractivity contribution is -0.143. The van der Waals surface area contributed by atoms with Crippen LogP contribution in [0.15, 0.2) is 4.99 Å². The van der Waals surface area contributed by atoms with E-state index in [0.717, 1.165) is 0 Å². The number of carbonyl (C=O) groups is 5. The van der Waals surface area contributed by atoms with Gasteiger partial charge in [0.2, 0.25) is 17.7 Å². The number of hydrogen-bond acceptors (Lipinski definition) is 9. The fourth-order valence-electron chi connectivity index (χ4n) is 2.54. The Labute approximate surface area is 200 Å². The summed E-state index contributed by atoms with van der Waals surface area (Å²) in [7, 11) is 0. The van der Waals surface area contributed by atoms with E-state index in [2.05, 4.69) is 20.9 Å². The number of aliphatic imine (C=N–C) groups is 1. The van der Waals surface area contributed by atoms with Crippen LogP contribution in [0.4, 0.5) is 0 Å². The number of aliphatic carboxylic acids is 2. The maximum Gasteiger partial charge on any atom is 0.326 e. The Morgan fingerprint density at radius 1 is 0.912 bits per heavy atom. The summed E-state index contributed by atoms with van der Waals surface area (Å²) in [5.74, 6) is -5.23. The predicted molar refractivity (Wildman–Crippen MR) is 124 cm³/mol. The van der Waals surface area contributed by atoms with E-state index in [1.54, 1.807) is 0 Å². The van der Waals surface area contributed by atoms with Crippen molar-refractivity contribution in [3.63, 3.8) is 0 Å². The molecule has 194 valence electrons. The molecular weight excluding hydrogens is 474 g/mol. The minimum absolute atomic E-state index is 0.0461. The molecule has 0 aromatic carbocycles. The second-order valence-electron chi connectivity index (χ2n) is 7.14. The lowest BCUT2D eigenvalue weighted by atomic mass is 10.1. The van der Waals surface area contributed by atoms with Crippen molar-refractivity contribution < 1.29 is 39.3 Å². The fraction of sp³-hybridized carbons (Fsp3) is 0.667. The van der Waals surface area contributed by atoms with Crippen molar-refractivity contribution in [2.75, 3.05) is 25.2 Å². The van der Waals surface area contributed by atoms with Crippen molar-refractivity contribution in [1.82, 2.24) is 16.0 Å². The van der Waals surface area contributed by atoms with E-state index in [4.69, 9.17) is 22.3 Å². The molecule has 0 bridgehead atoms. The van der Waals surface area contributed by atoms with Gasteiger partial charge in [0.1, 0.15) is 18.1 Å². The minimum atomic E-state index is -1.61. The molecule has 15 nitrogen and oxygen atoms in total. The molecule has 0 rings (SSSR count). The molecule has 0 aliphatic rings. The molecule has 0 spiro atoms. The molecule has 3 amide bonds. The quantitative estimate of drug-likeness (QED) is 0.0519. The molecule has 0 aliphatic carbocycles. The van der Waals surface area contributed by atoms with Gasteiger partial charge >= 0.3 is 11.9 Å². The van der Waals surface area contributed by atoms with Gasteiger partial charge in [-0.2, -0.15) is 11.8 Å². The summed E-state index contributed by atoms with van der Waals surface area (Å²) < 4.78 is 0. The zero-order valence-corrected chi connectivity index (χ0v) is 19.5. The second kappa shape index (κ2) is 16.5. The van der Waals surface area contributed by atoms with E-state index >= 15 is 0 Å². The van der Waals surface area contributed by atoms with Crippen molar-refractivity contribution >= 4 is 47.4 Å². The molecule has 4 unspecified atom stereocenters. The molecule has 34 heavy (non-hydrogen) atoms. The van der Waals surface area contributed by atoms with Gasteiger partial charge in [-0.15, -0.1) is 0 Å². The first kappa shape index (κ1) is 30.9. The number of nitrogens with one attached hydrogen (secondary N) is 3. The number of carboxylic acid groups (broad SMARTS) is 2. The Morgan fingerprint density at radius 3 is 1.97 bits per heavy atom. The van der Waals surface area contributed by atoms with Gasteiger partial charge < -0.3 is 48.5 Å². The number of nitrogens with zero attached hydrogens (tertiary/aromatic N) is 1. The second-order valence-corrected chi connectivity index (χ2v) is 8.12. The number of aliphatic hydroxyl groups is 1. The largest absolute Gasteiger partial charge is 0.481 e. The van der Waals surface area contributed by atoms with Crippen LogP contribution in [0.1, 0.15) is 25.7 Å². The summed E-state index contributed by atoms with van der Waals surface area (Å²) in [6.07, 6.45) is 1.46. The van der Waals surface area contributed by atoms with E-state index in [0.29, 0.717) is 5.75 Å². The highest BCUT2D eigenvalue weighted by Gasteiger charge is 2.31. The van der Waals surface area contributed by atoms with Crippen LogP contribution in [0.2, 0.25) is 0 Å². The molecule has 0 saturated heterocycles. The maximum absolute atomic E-state index is 12.5. The summed E-state index contributed by atoms with van der Waals surface area (Å²) in [5.41, 5.74) is 16.1. The third-order valence-electron chi connectivity index (χ3n) is 4.36. The number of amides is 3. The Bertz CT molecular complexity index is 748. The molecular formula is C18H33N7O8S. The van der Waals surface area contributed by atoms with Crippen LogP contribution < -0.4 is 33.2 Å².